The Kier molecular flexibility index (Phi) is 9.38. The predicted octanol–water partition coefficient (Wildman–Crippen LogP) is 3.06. The van der Waals surface area contributed by atoms with E-state index in [4.69, 9.17) is 9.47 Å². The van der Waals surface area contributed by atoms with Crippen molar-refractivity contribution < 1.29 is 23.9 Å². The molecule has 10 heteroatoms. The van der Waals surface area contributed by atoms with E-state index in [1.165, 1.54) is 0 Å². The first kappa shape index (κ1) is 29.9. The number of piperidine rings is 2. The number of nitrogens with zero attached hydrogens (tertiary/aromatic N) is 4. The molecule has 3 atom stereocenters. The average molecular weight is 580 g/mol. The normalized spacial score (nSPS) is 23.7. The number of likely N-dealkylation sites (tertiary alicyclic amines) is 1. The zero-order valence-electron chi connectivity index (χ0n) is 25.5. The highest BCUT2D eigenvalue weighted by Gasteiger charge is 2.43. The minimum absolute atomic E-state index is 0.0136. The number of rotatable bonds is 4. The van der Waals surface area contributed by atoms with Crippen LogP contribution in [-0.4, -0.2) is 83.7 Å². The molecule has 2 fully saturated rings. The standard InChI is InChI=1S/C32H45N5O5/c1-21-13-22(2)37(34-21)20-31(40)35-17-24-15-26(19-35)27-8-5-9-29(38)33-12-6-7-25-14-23(10-11-30(39)36(27)18-24)16-28(41-3)32(25)42-4/h13-14,16,24,26-27H,5-12,15,17-20H2,1-4H3,(H,33,38)/t24-,26+,27-/m0/s1. The number of methoxy groups -OCH3 is 2. The van der Waals surface area contributed by atoms with Crippen LogP contribution in [0.15, 0.2) is 18.2 Å². The minimum Gasteiger partial charge on any atom is -0.493 e. The summed E-state index contributed by atoms with van der Waals surface area (Å²) in [6.07, 6.45) is 5.47. The van der Waals surface area contributed by atoms with Crippen LogP contribution in [0.3, 0.4) is 0 Å². The Morgan fingerprint density at radius 3 is 2.57 bits per heavy atom. The van der Waals surface area contributed by atoms with Crippen molar-refractivity contribution in [3.63, 3.8) is 0 Å². The highest BCUT2D eigenvalue weighted by atomic mass is 16.5. The molecule has 0 spiro atoms. The van der Waals surface area contributed by atoms with Gasteiger partial charge < -0.3 is 24.6 Å². The number of fused-ring (bicyclic) bond motifs is 6. The molecule has 0 radical (unpaired) electrons. The van der Waals surface area contributed by atoms with Gasteiger partial charge in [-0.2, -0.15) is 5.10 Å². The number of ether oxygens (including phenoxy) is 2. The molecular weight excluding hydrogens is 534 g/mol. The quantitative estimate of drug-likeness (QED) is 0.597. The summed E-state index contributed by atoms with van der Waals surface area (Å²) in [6, 6.07) is 6.07. The summed E-state index contributed by atoms with van der Waals surface area (Å²) >= 11 is 0. The van der Waals surface area contributed by atoms with Gasteiger partial charge >= 0.3 is 0 Å². The highest BCUT2D eigenvalue weighted by Crippen LogP contribution is 2.37. The molecule has 4 bridgehead atoms. The van der Waals surface area contributed by atoms with Crippen molar-refractivity contribution in [2.75, 3.05) is 40.4 Å². The predicted molar refractivity (Wildman–Crippen MR) is 158 cm³/mol. The Balaban J connectivity index is 1.34. The second-order valence-electron chi connectivity index (χ2n) is 12.2. The molecule has 1 aromatic carbocycles. The molecule has 2 aromatic rings. The van der Waals surface area contributed by atoms with Gasteiger partial charge in [-0.05, 0) is 87.5 Å². The molecule has 4 heterocycles. The lowest BCUT2D eigenvalue weighted by atomic mass is 9.77. The van der Waals surface area contributed by atoms with Gasteiger partial charge in [0, 0.05) is 50.8 Å². The maximum absolute atomic E-state index is 13.8. The largest absolute Gasteiger partial charge is 0.493 e. The molecule has 1 N–H and O–H groups in total. The lowest BCUT2D eigenvalue weighted by Gasteiger charge is -2.51. The summed E-state index contributed by atoms with van der Waals surface area (Å²) < 4.78 is 13.1. The number of nitrogens with one attached hydrogen (secondary N) is 1. The van der Waals surface area contributed by atoms with Crippen LogP contribution in [0.4, 0.5) is 0 Å². The molecule has 1 aromatic heterocycles. The zero-order chi connectivity index (χ0) is 29.8. The van der Waals surface area contributed by atoms with Crippen LogP contribution in [0.2, 0.25) is 0 Å². The lowest BCUT2D eigenvalue weighted by Crippen LogP contribution is -2.60. The van der Waals surface area contributed by atoms with Crippen LogP contribution in [0.5, 0.6) is 11.5 Å². The third-order valence-corrected chi connectivity index (χ3v) is 9.12. The Hall–Kier alpha value is -3.56. The lowest BCUT2D eigenvalue weighted by molar-refractivity contribution is -0.146. The summed E-state index contributed by atoms with van der Waals surface area (Å²) in [5.74, 6) is 2.07. The monoisotopic (exact) mass is 579 g/mol. The van der Waals surface area contributed by atoms with Crippen molar-refractivity contribution in [2.45, 2.75) is 77.8 Å². The number of hydrogen-bond acceptors (Lipinski definition) is 6. The molecule has 0 unspecified atom stereocenters. The summed E-state index contributed by atoms with van der Waals surface area (Å²) in [5.41, 5.74) is 3.95. The number of benzene rings is 1. The minimum atomic E-state index is 0.0136. The van der Waals surface area contributed by atoms with E-state index in [-0.39, 0.29) is 42.1 Å². The van der Waals surface area contributed by atoms with Gasteiger partial charge in [0.1, 0.15) is 6.54 Å². The number of aryl methyl sites for hydroxylation is 4. The maximum atomic E-state index is 13.8. The van der Waals surface area contributed by atoms with Crippen LogP contribution in [0.1, 0.15) is 61.0 Å². The number of carbonyl (C=O) groups is 3. The molecule has 3 aliphatic rings. The fourth-order valence-corrected chi connectivity index (χ4v) is 7.17. The van der Waals surface area contributed by atoms with E-state index in [9.17, 15) is 14.4 Å². The Morgan fingerprint density at radius 1 is 1.00 bits per heavy atom. The van der Waals surface area contributed by atoms with Gasteiger partial charge in [-0.25, -0.2) is 0 Å². The average Bonchev–Trinajstić information content (AvgIpc) is 3.29. The first-order valence-electron chi connectivity index (χ1n) is 15.3. The van der Waals surface area contributed by atoms with E-state index >= 15 is 0 Å². The Morgan fingerprint density at radius 2 is 1.83 bits per heavy atom. The maximum Gasteiger partial charge on any atom is 0.244 e. The molecule has 42 heavy (non-hydrogen) atoms. The van der Waals surface area contributed by atoms with E-state index in [0.29, 0.717) is 63.4 Å². The smallest absolute Gasteiger partial charge is 0.244 e. The Bertz CT molecular complexity index is 1310. The van der Waals surface area contributed by atoms with Gasteiger partial charge in [0.05, 0.1) is 19.9 Å². The number of carbonyl (C=O) groups excluding carboxylic acids is 3. The number of amides is 3. The zero-order valence-corrected chi connectivity index (χ0v) is 25.5. The third-order valence-electron chi connectivity index (χ3n) is 9.12. The van der Waals surface area contributed by atoms with Crippen LogP contribution in [0.25, 0.3) is 0 Å². The van der Waals surface area contributed by atoms with Crippen LogP contribution in [0, 0.1) is 25.7 Å². The Labute approximate surface area is 248 Å². The highest BCUT2D eigenvalue weighted by molar-refractivity contribution is 5.78. The fourth-order valence-electron chi connectivity index (χ4n) is 7.17. The van der Waals surface area contributed by atoms with E-state index in [1.807, 2.05) is 30.9 Å². The van der Waals surface area contributed by atoms with Crippen molar-refractivity contribution >= 4 is 17.7 Å². The van der Waals surface area contributed by atoms with E-state index in [0.717, 1.165) is 48.2 Å². The van der Waals surface area contributed by atoms with Crippen LogP contribution >= 0.6 is 0 Å². The summed E-state index contributed by atoms with van der Waals surface area (Å²) in [7, 11) is 3.27. The van der Waals surface area contributed by atoms with Gasteiger partial charge in [0.2, 0.25) is 17.7 Å². The van der Waals surface area contributed by atoms with Crippen molar-refractivity contribution in [3.8, 4) is 11.5 Å². The topological polar surface area (TPSA) is 106 Å². The fraction of sp³-hybridized carbons (Fsp3) is 0.625. The SMILES string of the molecule is COc1cc2cc(c1OC)CCCNC(=O)CCC[C@H]1[C@@H]3C[C@@H](CN(C(=O)Cn4nc(C)cc4C)C3)CN1C(=O)CC2. The molecule has 0 aliphatic carbocycles. The number of aromatic nitrogens is 2. The van der Waals surface area contributed by atoms with Gasteiger partial charge in [-0.15, -0.1) is 0 Å². The summed E-state index contributed by atoms with van der Waals surface area (Å²) in [5, 5.41) is 7.54. The molecule has 5 rings (SSSR count). The van der Waals surface area contributed by atoms with E-state index < -0.39 is 0 Å². The van der Waals surface area contributed by atoms with Crippen molar-refractivity contribution in [2.24, 2.45) is 11.8 Å². The van der Waals surface area contributed by atoms with Gasteiger partial charge in [-0.3, -0.25) is 19.1 Å². The summed E-state index contributed by atoms with van der Waals surface area (Å²) in [6.45, 7) is 6.68. The molecule has 0 saturated carbocycles. The van der Waals surface area contributed by atoms with E-state index in [1.54, 1.807) is 18.9 Å². The van der Waals surface area contributed by atoms with E-state index in [2.05, 4.69) is 21.4 Å². The molecule has 10 nitrogen and oxygen atoms in total. The number of hydrogen-bond donors (Lipinski definition) is 1. The van der Waals surface area contributed by atoms with Gasteiger partial charge in [0.25, 0.3) is 0 Å². The van der Waals surface area contributed by atoms with Gasteiger partial charge in [-0.1, -0.05) is 6.07 Å². The van der Waals surface area contributed by atoms with Crippen LogP contribution in [-0.2, 0) is 33.8 Å². The van der Waals surface area contributed by atoms with Crippen molar-refractivity contribution in [1.82, 2.24) is 24.9 Å². The second kappa shape index (κ2) is 13.2. The molecule has 228 valence electrons. The second-order valence-corrected chi connectivity index (χ2v) is 12.2. The first-order chi connectivity index (χ1) is 20.2. The third kappa shape index (κ3) is 6.73. The molecule has 2 saturated heterocycles. The van der Waals surface area contributed by atoms with Crippen LogP contribution < -0.4 is 14.8 Å². The first-order valence-corrected chi connectivity index (χ1v) is 15.3. The van der Waals surface area contributed by atoms with Crippen molar-refractivity contribution in [1.29, 1.82) is 0 Å². The summed E-state index contributed by atoms with van der Waals surface area (Å²) in [4.78, 5) is 43.9. The molecular formula is C32H45N5O5. The molecule has 3 amide bonds. The van der Waals surface area contributed by atoms with Gasteiger partial charge in [0.15, 0.2) is 11.5 Å². The molecule has 3 aliphatic heterocycles. The van der Waals surface area contributed by atoms with Crippen molar-refractivity contribution in [3.05, 3.63) is 40.7 Å².